The van der Waals surface area contributed by atoms with E-state index in [9.17, 15) is 26.0 Å². The first-order valence-electron chi connectivity index (χ1n) is 9.37. The summed E-state index contributed by atoms with van der Waals surface area (Å²) in [7, 11) is -4.25. The normalized spacial score (nSPS) is 13.5. The van der Waals surface area contributed by atoms with Crippen LogP contribution in [0.1, 0.15) is 25.3 Å². The number of aromatic nitrogens is 2. The Morgan fingerprint density at radius 3 is 2.41 bits per heavy atom. The fraction of sp³-hybridized carbons (Fsp3) is 0.300. The van der Waals surface area contributed by atoms with Gasteiger partial charge in [0.25, 0.3) is 0 Å². The highest BCUT2D eigenvalue weighted by atomic mass is 35.5. The predicted octanol–water partition coefficient (Wildman–Crippen LogP) is 5.45. The van der Waals surface area contributed by atoms with Crippen molar-refractivity contribution in [2.45, 2.75) is 43.4 Å². The number of halogens is 5. The molecule has 1 atom stereocenters. The number of alkyl halides is 3. The molecule has 0 saturated carbocycles. The monoisotopic (exact) mass is 491 g/mol. The van der Waals surface area contributed by atoms with Gasteiger partial charge in [0, 0.05) is 35.2 Å². The van der Waals surface area contributed by atoms with Crippen LogP contribution in [0.25, 0.3) is 11.4 Å². The zero-order chi connectivity index (χ0) is 23.5. The average Bonchev–Trinajstić information content (AvgIpc) is 3.25. The molecule has 0 radical (unpaired) electrons. The van der Waals surface area contributed by atoms with Crippen LogP contribution in [0.3, 0.4) is 0 Å². The lowest BCUT2D eigenvalue weighted by atomic mass is 10.1. The molecule has 0 aliphatic heterocycles. The quantitative estimate of drug-likeness (QED) is 0.391. The average molecular weight is 492 g/mol. The van der Waals surface area contributed by atoms with Crippen molar-refractivity contribution in [3.05, 3.63) is 65.3 Å². The molecule has 12 heteroatoms. The Morgan fingerprint density at radius 2 is 1.84 bits per heavy atom. The maximum Gasteiger partial charge on any atom is 0.389 e. The van der Waals surface area contributed by atoms with Crippen molar-refractivity contribution >= 4 is 21.6 Å². The van der Waals surface area contributed by atoms with Crippen LogP contribution in [0.15, 0.2) is 58.3 Å². The molecule has 3 aromatic rings. The van der Waals surface area contributed by atoms with Gasteiger partial charge in [-0.1, -0.05) is 28.9 Å². The summed E-state index contributed by atoms with van der Waals surface area (Å²) in [5.74, 6) is -0.619. The molecule has 6 nitrogen and oxygen atoms in total. The minimum Gasteiger partial charge on any atom is -0.342 e. The van der Waals surface area contributed by atoms with Crippen LogP contribution in [0.4, 0.5) is 17.6 Å². The molecule has 0 aliphatic carbocycles. The highest BCUT2D eigenvalue weighted by Gasteiger charge is 2.34. The minimum atomic E-state index is -4.46. The number of hydrogen-bond donors (Lipinski definition) is 0. The Kier molecular flexibility index (Phi) is 7.21. The van der Waals surface area contributed by atoms with Gasteiger partial charge in [-0.2, -0.15) is 22.5 Å². The molecule has 0 saturated heterocycles. The lowest BCUT2D eigenvalue weighted by Crippen LogP contribution is -2.39. The van der Waals surface area contributed by atoms with Gasteiger partial charge < -0.3 is 4.52 Å². The van der Waals surface area contributed by atoms with E-state index in [0.717, 1.165) is 16.8 Å². The van der Waals surface area contributed by atoms with Crippen LogP contribution in [0, 0.1) is 5.82 Å². The third-order valence-electron chi connectivity index (χ3n) is 4.76. The Bertz CT molecular complexity index is 1150. The van der Waals surface area contributed by atoms with Gasteiger partial charge >= 0.3 is 6.18 Å². The predicted molar refractivity (Wildman–Crippen MR) is 109 cm³/mol. The number of hydrogen-bond acceptors (Lipinski definition) is 5. The van der Waals surface area contributed by atoms with Crippen molar-refractivity contribution in [3.63, 3.8) is 0 Å². The molecule has 0 unspecified atom stereocenters. The molecular formula is C20H18ClF4N3O3S. The lowest BCUT2D eigenvalue weighted by molar-refractivity contribution is -0.137. The summed E-state index contributed by atoms with van der Waals surface area (Å²) in [6, 6.07) is 8.05. The molecule has 172 valence electrons. The molecule has 0 aliphatic rings. The van der Waals surface area contributed by atoms with Crippen molar-refractivity contribution in [2.24, 2.45) is 0 Å². The molecular weight excluding hydrogens is 474 g/mol. The van der Waals surface area contributed by atoms with Gasteiger partial charge in [-0.25, -0.2) is 12.8 Å². The summed E-state index contributed by atoms with van der Waals surface area (Å²) < 4.78 is 85.0. The zero-order valence-corrected chi connectivity index (χ0v) is 18.3. The van der Waals surface area contributed by atoms with Gasteiger partial charge in [0.15, 0.2) is 0 Å². The topological polar surface area (TPSA) is 76.3 Å². The van der Waals surface area contributed by atoms with Crippen LogP contribution >= 0.6 is 11.6 Å². The third-order valence-corrected chi connectivity index (χ3v) is 6.98. The van der Waals surface area contributed by atoms with Crippen molar-refractivity contribution in [2.75, 3.05) is 0 Å². The van der Waals surface area contributed by atoms with Crippen molar-refractivity contribution in [1.29, 1.82) is 0 Å². The molecule has 0 fully saturated rings. The van der Waals surface area contributed by atoms with Gasteiger partial charge in [0.05, 0.1) is 4.90 Å². The number of sulfonamides is 1. The number of benzene rings is 2. The maximum atomic E-state index is 14.8. The SMILES string of the molecule is C[C@H](CCC(F)(F)F)N(Cc1ccc(-c2ncon2)cc1F)S(=O)(=O)c1ccc(Cl)cc1. The second-order valence-electron chi connectivity index (χ2n) is 7.07. The van der Waals surface area contributed by atoms with Crippen LogP contribution < -0.4 is 0 Å². The molecule has 1 aromatic heterocycles. The minimum absolute atomic E-state index is 0.0198. The van der Waals surface area contributed by atoms with Crippen molar-refractivity contribution < 1.29 is 30.5 Å². The highest BCUT2D eigenvalue weighted by molar-refractivity contribution is 7.89. The van der Waals surface area contributed by atoms with E-state index in [0.29, 0.717) is 10.6 Å². The van der Waals surface area contributed by atoms with Crippen LogP contribution in [-0.2, 0) is 16.6 Å². The van der Waals surface area contributed by atoms with E-state index < -0.39 is 47.4 Å². The van der Waals surface area contributed by atoms with E-state index >= 15 is 0 Å². The second-order valence-corrected chi connectivity index (χ2v) is 9.40. The second kappa shape index (κ2) is 9.55. The molecule has 1 heterocycles. The molecule has 0 N–H and O–H groups in total. The fourth-order valence-corrected chi connectivity index (χ4v) is 4.78. The van der Waals surface area contributed by atoms with E-state index in [2.05, 4.69) is 14.7 Å². The van der Waals surface area contributed by atoms with Gasteiger partial charge in [-0.05, 0) is 43.7 Å². The number of rotatable bonds is 8. The highest BCUT2D eigenvalue weighted by Crippen LogP contribution is 2.29. The standard InChI is InChI=1S/C20H18ClF4N3O3S/c1-13(8-9-20(23,24)25)28(32(29,30)17-6-4-16(21)5-7-17)11-15-3-2-14(10-18(15)22)19-26-12-31-27-19/h2-7,10,12-13H,8-9,11H2,1H3/t13-/m1/s1. The van der Waals surface area contributed by atoms with E-state index in [1.54, 1.807) is 0 Å². The third kappa shape index (κ3) is 5.84. The zero-order valence-electron chi connectivity index (χ0n) is 16.7. The van der Waals surface area contributed by atoms with Crippen LogP contribution in [0.2, 0.25) is 5.02 Å². The van der Waals surface area contributed by atoms with E-state index in [-0.39, 0.29) is 16.3 Å². The molecule has 0 bridgehead atoms. The first-order chi connectivity index (χ1) is 15.0. The summed E-state index contributed by atoms with van der Waals surface area (Å²) in [5, 5.41) is 3.90. The summed E-state index contributed by atoms with van der Waals surface area (Å²) in [5.41, 5.74) is 0.283. The summed E-state index contributed by atoms with van der Waals surface area (Å²) in [4.78, 5) is 3.65. The van der Waals surface area contributed by atoms with Crippen LogP contribution in [0.5, 0.6) is 0 Å². The molecule has 32 heavy (non-hydrogen) atoms. The molecule has 0 amide bonds. The molecule has 2 aromatic carbocycles. The van der Waals surface area contributed by atoms with Crippen LogP contribution in [-0.4, -0.2) is 35.1 Å². The smallest absolute Gasteiger partial charge is 0.342 e. The summed E-state index contributed by atoms with van der Waals surface area (Å²) in [6.07, 6.45) is -5.05. The van der Waals surface area contributed by atoms with Crippen molar-refractivity contribution in [1.82, 2.24) is 14.4 Å². The first kappa shape index (κ1) is 24.1. The van der Waals surface area contributed by atoms with Gasteiger partial charge in [0.1, 0.15) is 5.82 Å². The van der Waals surface area contributed by atoms with Gasteiger partial charge in [-0.15, -0.1) is 0 Å². The maximum absolute atomic E-state index is 14.8. The fourth-order valence-electron chi connectivity index (χ4n) is 3.02. The summed E-state index contributed by atoms with van der Waals surface area (Å²) >= 11 is 5.81. The van der Waals surface area contributed by atoms with Gasteiger partial charge in [0.2, 0.25) is 22.2 Å². The Hall–Kier alpha value is -2.50. The Labute approximate surface area is 186 Å². The number of nitrogens with zero attached hydrogens (tertiary/aromatic N) is 3. The largest absolute Gasteiger partial charge is 0.389 e. The summed E-state index contributed by atoms with van der Waals surface area (Å²) in [6.45, 7) is 0.882. The van der Waals surface area contributed by atoms with E-state index in [1.807, 2.05) is 0 Å². The Morgan fingerprint density at radius 1 is 1.16 bits per heavy atom. The first-order valence-corrected chi connectivity index (χ1v) is 11.2. The van der Waals surface area contributed by atoms with E-state index in [1.165, 1.54) is 43.3 Å². The lowest BCUT2D eigenvalue weighted by Gasteiger charge is -2.29. The molecule has 3 rings (SSSR count). The molecule has 0 spiro atoms. The Balaban J connectivity index is 1.94. The van der Waals surface area contributed by atoms with Crippen molar-refractivity contribution in [3.8, 4) is 11.4 Å². The van der Waals surface area contributed by atoms with Gasteiger partial charge in [-0.3, -0.25) is 0 Å². The van der Waals surface area contributed by atoms with E-state index in [4.69, 9.17) is 11.6 Å².